The predicted molar refractivity (Wildman–Crippen MR) is 112 cm³/mol. The van der Waals surface area contributed by atoms with Gasteiger partial charge in [0.15, 0.2) is 0 Å². The summed E-state index contributed by atoms with van der Waals surface area (Å²) >= 11 is 5.95. The molecule has 5 nitrogen and oxygen atoms in total. The maximum Gasteiger partial charge on any atom is 0.238 e. The largest absolute Gasteiger partial charge is 0.457 e. The monoisotopic (exact) mass is 409 g/mol. The summed E-state index contributed by atoms with van der Waals surface area (Å²) in [6.45, 7) is 4.98. The van der Waals surface area contributed by atoms with Crippen LogP contribution in [0.15, 0.2) is 48.5 Å². The van der Waals surface area contributed by atoms with E-state index in [1.54, 1.807) is 12.1 Å². The number of nitrogens with zero attached hydrogens (tertiary/aromatic N) is 1. The van der Waals surface area contributed by atoms with E-state index >= 15 is 0 Å². The molecule has 0 spiro atoms. The molecular weight excluding hydrogens is 385 g/mol. The van der Waals surface area contributed by atoms with Crippen LogP contribution in [0.2, 0.25) is 5.02 Å². The number of hydrogen-bond donors (Lipinski definition) is 2. The highest BCUT2D eigenvalue weighted by molar-refractivity contribution is 6.30. The molecule has 3 N–H and O–H groups in total. The van der Waals surface area contributed by atoms with Crippen LogP contribution in [-0.2, 0) is 4.79 Å². The maximum absolute atomic E-state index is 12.3. The van der Waals surface area contributed by atoms with Crippen molar-refractivity contribution in [3.63, 3.8) is 0 Å². The number of hydrogen-bond acceptors (Lipinski definition) is 4. The lowest BCUT2D eigenvalue weighted by Crippen LogP contribution is -2.35. The zero-order valence-electron chi connectivity index (χ0n) is 15.3. The van der Waals surface area contributed by atoms with Crippen LogP contribution in [0.5, 0.6) is 11.5 Å². The number of likely N-dealkylation sites (tertiary alicyclic amines) is 1. The number of rotatable bonds is 6. The molecule has 0 saturated carbocycles. The first-order valence-electron chi connectivity index (χ1n) is 8.72. The van der Waals surface area contributed by atoms with Gasteiger partial charge in [0.05, 0.1) is 6.54 Å². The Morgan fingerprint density at radius 3 is 2.63 bits per heavy atom. The number of carbonyl (C=O) groups excluding carboxylic acids is 1. The molecule has 7 heteroatoms. The number of ether oxygens (including phenoxy) is 1. The third kappa shape index (κ3) is 6.11. The van der Waals surface area contributed by atoms with E-state index in [9.17, 15) is 4.79 Å². The first-order chi connectivity index (χ1) is 12.5. The molecule has 0 aromatic heterocycles. The molecule has 1 heterocycles. The lowest BCUT2D eigenvalue weighted by Gasteiger charge is -2.22. The average molecular weight is 410 g/mol. The summed E-state index contributed by atoms with van der Waals surface area (Å²) in [5, 5.41) is 3.55. The van der Waals surface area contributed by atoms with Crippen LogP contribution >= 0.6 is 24.0 Å². The smallest absolute Gasteiger partial charge is 0.238 e. The van der Waals surface area contributed by atoms with E-state index in [1.807, 2.05) is 36.4 Å². The van der Waals surface area contributed by atoms with Crippen molar-refractivity contribution in [3.8, 4) is 11.5 Å². The standard InChI is InChI=1S/C20H24ClN3O2.ClH/c1-20(13-22)9-10-24(14-20)12-19(25)23-16-5-7-17(8-6-16)26-18-4-2-3-15(21)11-18;/h2-8,11H,9-10,12-14,22H2,1H3,(H,23,25);1H. The Morgan fingerprint density at radius 1 is 1.26 bits per heavy atom. The zero-order chi connectivity index (χ0) is 18.6. The second-order valence-corrected chi connectivity index (χ2v) is 7.54. The summed E-state index contributed by atoms with van der Waals surface area (Å²) in [5.41, 5.74) is 6.69. The highest BCUT2D eigenvalue weighted by atomic mass is 35.5. The van der Waals surface area contributed by atoms with Gasteiger partial charge in [-0.15, -0.1) is 12.4 Å². The number of nitrogens with two attached hydrogens (primary N) is 1. The predicted octanol–water partition coefficient (Wildman–Crippen LogP) is 4.16. The molecule has 1 unspecified atom stereocenters. The molecule has 0 bridgehead atoms. The van der Waals surface area contributed by atoms with Crippen LogP contribution in [0, 0.1) is 5.41 Å². The molecule has 1 fully saturated rings. The van der Waals surface area contributed by atoms with Gasteiger partial charge in [0.1, 0.15) is 11.5 Å². The van der Waals surface area contributed by atoms with Crippen molar-refractivity contribution in [2.45, 2.75) is 13.3 Å². The topological polar surface area (TPSA) is 67.6 Å². The second-order valence-electron chi connectivity index (χ2n) is 7.11. The van der Waals surface area contributed by atoms with E-state index in [2.05, 4.69) is 17.1 Å². The second kappa shape index (κ2) is 9.42. The molecule has 0 radical (unpaired) electrons. The fraction of sp³-hybridized carbons (Fsp3) is 0.350. The van der Waals surface area contributed by atoms with Crippen LogP contribution in [-0.4, -0.2) is 37.0 Å². The van der Waals surface area contributed by atoms with Gasteiger partial charge in [-0.05, 0) is 67.4 Å². The fourth-order valence-corrected chi connectivity index (χ4v) is 3.28. The molecule has 1 atom stereocenters. The number of benzene rings is 2. The number of amides is 1. The third-order valence-electron chi connectivity index (χ3n) is 4.67. The van der Waals surface area contributed by atoms with Crippen molar-refractivity contribution >= 4 is 35.6 Å². The Balaban J connectivity index is 0.00000261. The highest BCUT2D eigenvalue weighted by Gasteiger charge is 2.33. The van der Waals surface area contributed by atoms with Gasteiger partial charge in [-0.2, -0.15) is 0 Å². The summed E-state index contributed by atoms with van der Waals surface area (Å²) in [6.07, 6.45) is 1.03. The van der Waals surface area contributed by atoms with Crippen LogP contribution in [0.25, 0.3) is 0 Å². The summed E-state index contributed by atoms with van der Waals surface area (Å²) < 4.78 is 5.74. The molecular formula is C20H25Cl2N3O2. The summed E-state index contributed by atoms with van der Waals surface area (Å²) in [6, 6.07) is 14.5. The number of nitrogens with one attached hydrogen (secondary N) is 1. The molecule has 2 aromatic carbocycles. The van der Waals surface area contributed by atoms with E-state index in [0.717, 1.165) is 25.2 Å². The van der Waals surface area contributed by atoms with E-state index in [1.165, 1.54) is 0 Å². The quantitative estimate of drug-likeness (QED) is 0.751. The molecule has 1 amide bonds. The summed E-state index contributed by atoms with van der Waals surface area (Å²) in [5.74, 6) is 1.34. The molecule has 1 aliphatic rings. The van der Waals surface area contributed by atoms with Crippen molar-refractivity contribution in [2.24, 2.45) is 11.1 Å². The Labute approximate surface area is 171 Å². The lowest BCUT2D eigenvalue weighted by atomic mass is 9.90. The molecule has 1 aliphatic heterocycles. The van der Waals surface area contributed by atoms with E-state index in [4.69, 9.17) is 22.1 Å². The first-order valence-corrected chi connectivity index (χ1v) is 9.09. The SMILES string of the molecule is CC1(CN)CCN(CC(=O)Nc2ccc(Oc3cccc(Cl)c3)cc2)C1.Cl. The highest BCUT2D eigenvalue weighted by Crippen LogP contribution is 2.28. The molecule has 1 saturated heterocycles. The lowest BCUT2D eigenvalue weighted by molar-refractivity contribution is -0.117. The Bertz CT molecular complexity index is 770. The fourth-order valence-electron chi connectivity index (χ4n) is 3.10. The van der Waals surface area contributed by atoms with Crippen LogP contribution in [0.3, 0.4) is 0 Å². The van der Waals surface area contributed by atoms with Crippen molar-refractivity contribution in [3.05, 3.63) is 53.6 Å². The van der Waals surface area contributed by atoms with Gasteiger partial charge in [0, 0.05) is 17.3 Å². The Morgan fingerprint density at radius 2 is 2.00 bits per heavy atom. The minimum atomic E-state index is -0.0187. The van der Waals surface area contributed by atoms with Crippen molar-refractivity contribution < 1.29 is 9.53 Å². The first kappa shape index (κ1) is 21.5. The van der Waals surface area contributed by atoms with E-state index in [-0.39, 0.29) is 23.7 Å². The van der Waals surface area contributed by atoms with Gasteiger partial charge in [-0.1, -0.05) is 24.6 Å². The van der Waals surface area contributed by atoms with Gasteiger partial charge in [0.25, 0.3) is 0 Å². The third-order valence-corrected chi connectivity index (χ3v) is 4.90. The van der Waals surface area contributed by atoms with Gasteiger partial charge in [-0.3, -0.25) is 9.69 Å². The zero-order valence-corrected chi connectivity index (χ0v) is 16.9. The summed E-state index contributed by atoms with van der Waals surface area (Å²) in [7, 11) is 0. The van der Waals surface area contributed by atoms with Crippen LogP contribution in [0.1, 0.15) is 13.3 Å². The molecule has 2 aromatic rings. The molecule has 146 valence electrons. The van der Waals surface area contributed by atoms with E-state index in [0.29, 0.717) is 29.6 Å². The van der Waals surface area contributed by atoms with Gasteiger partial charge in [-0.25, -0.2) is 0 Å². The Kier molecular flexibility index (Phi) is 7.50. The van der Waals surface area contributed by atoms with Crippen molar-refractivity contribution in [1.29, 1.82) is 0 Å². The van der Waals surface area contributed by atoms with Crippen molar-refractivity contribution in [1.82, 2.24) is 4.90 Å². The minimum Gasteiger partial charge on any atom is -0.457 e. The number of anilines is 1. The Hall–Kier alpha value is -1.79. The number of carbonyl (C=O) groups is 1. The molecule has 3 rings (SSSR count). The normalized spacial score (nSPS) is 19.4. The summed E-state index contributed by atoms with van der Waals surface area (Å²) in [4.78, 5) is 14.4. The van der Waals surface area contributed by atoms with Gasteiger partial charge >= 0.3 is 0 Å². The molecule has 27 heavy (non-hydrogen) atoms. The molecule has 0 aliphatic carbocycles. The van der Waals surface area contributed by atoms with Gasteiger partial charge in [0.2, 0.25) is 5.91 Å². The van der Waals surface area contributed by atoms with Crippen molar-refractivity contribution in [2.75, 3.05) is 31.5 Å². The van der Waals surface area contributed by atoms with Gasteiger partial charge < -0.3 is 15.8 Å². The number of halogens is 2. The van der Waals surface area contributed by atoms with Crippen LogP contribution in [0.4, 0.5) is 5.69 Å². The minimum absolute atomic E-state index is 0. The van der Waals surface area contributed by atoms with E-state index < -0.39 is 0 Å². The maximum atomic E-state index is 12.3. The van der Waals surface area contributed by atoms with Crippen LogP contribution < -0.4 is 15.8 Å². The average Bonchev–Trinajstić information content (AvgIpc) is 2.98.